The normalized spacial score (nSPS) is 16.2. The Morgan fingerprint density at radius 1 is 1.38 bits per heavy atom. The Kier molecular flexibility index (Phi) is 2.61. The lowest BCUT2D eigenvalue weighted by molar-refractivity contribution is -0.154. The van der Waals surface area contributed by atoms with Gasteiger partial charge in [-0.1, -0.05) is 0 Å². The molecule has 1 heterocycles. The number of anilines is 1. The van der Waals surface area contributed by atoms with E-state index in [0.29, 0.717) is 5.82 Å². The van der Waals surface area contributed by atoms with Crippen LogP contribution in [0.25, 0.3) is 0 Å². The number of alkyl halides is 3. The molecule has 16 heavy (non-hydrogen) atoms. The van der Waals surface area contributed by atoms with E-state index in [0.717, 1.165) is 12.8 Å². The maximum absolute atomic E-state index is 11.9. The summed E-state index contributed by atoms with van der Waals surface area (Å²) < 4.78 is 40.3. The summed E-state index contributed by atoms with van der Waals surface area (Å²) in [5.41, 5.74) is 5.45. The first-order valence-electron chi connectivity index (χ1n) is 4.78. The first-order chi connectivity index (χ1) is 7.44. The van der Waals surface area contributed by atoms with Gasteiger partial charge in [0, 0.05) is 12.0 Å². The average Bonchev–Trinajstić information content (AvgIpc) is 2.95. The van der Waals surface area contributed by atoms with E-state index in [2.05, 4.69) is 14.7 Å². The van der Waals surface area contributed by atoms with Crippen LogP contribution in [0.1, 0.15) is 24.6 Å². The number of nitrogens with two attached hydrogens (primary N) is 1. The average molecular weight is 233 g/mol. The van der Waals surface area contributed by atoms with E-state index >= 15 is 0 Å². The van der Waals surface area contributed by atoms with Crippen LogP contribution in [0.4, 0.5) is 19.0 Å². The predicted molar refractivity (Wildman–Crippen MR) is 50.0 cm³/mol. The van der Waals surface area contributed by atoms with Gasteiger partial charge >= 0.3 is 6.18 Å². The molecule has 0 bridgehead atoms. The summed E-state index contributed by atoms with van der Waals surface area (Å²) in [5.74, 6) is 0.703. The fraction of sp³-hybridized carbons (Fsp3) is 0.556. The fourth-order valence-corrected chi connectivity index (χ4v) is 1.22. The summed E-state index contributed by atoms with van der Waals surface area (Å²) in [7, 11) is 0. The third-order valence-electron chi connectivity index (χ3n) is 2.07. The quantitative estimate of drug-likeness (QED) is 0.865. The lowest BCUT2D eigenvalue weighted by Gasteiger charge is -2.09. The highest BCUT2D eigenvalue weighted by atomic mass is 19.4. The number of nitrogen functional groups attached to an aromatic ring is 1. The summed E-state index contributed by atoms with van der Waals surface area (Å²) in [4.78, 5) is 7.83. The standard InChI is InChI=1S/C9H10F3N3O/c10-9(11,12)4-16-7-3-6(13)14-8(15-7)5-1-2-5/h3,5H,1-2,4H2,(H2,13,14,15). The second-order valence-corrected chi connectivity index (χ2v) is 3.67. The Morgan fingerprint density at radius 2 is 2.06 bits per heavy atom. The molecule has 0 radical (unpaired) electrons. The summed E-state index contributed by atoms with van der Waals surface area (Å²) in [5, 5.41) is 0. The van der Waals surface area contributed by atoms with Gasteiger partial charge in [-0.25, -0.2) is 4.98 Å². The molecule has 0 atom stereocenters. The van der Waals surface area contributed by atoms with Crippen LogP contribution in [0, 0.1) is 0 Å². The molecule has 1 aliphatic carbocycles. The lowest BCUT2D eigenvalue weighted by Crippen LogP contribution is -2.20. The maximum Gasteiger partial charge on any atom is 0.422 e. The molecule has 0 aliphatic heterocycles. The minimum Gasteiger partial charge on any atom is -0.468 e. The highest BCUT2D eigenvalue weighted by Crippen LogP contribution is 2.38. The molecule has 1 saturated carbocycles. The molecule has 2 N–H and O–H groups in total. The second kappa shape index (κ2) is 3.80. The smallest absolute Gasteiger partial charge is 0.422 e. The van der Waals surface area contributed by atoms with Gasteiger partial charge in [0.25, 0.3) is 0 Å². The van der Waals surface area contributed by atoms with Gasteiger partial charge in [-0.05, 0) is 12.8 Å². The van der Waals surface area contributed by atoms with Crippen LogP contribution in [-0.4, -0.2) is 22.8 Å². The molecule has 1 aliphatic rings. The Bertz CT molecular complexity index is 390. The highest BCUT2D eigenvalue weighted by Gasteiger charge is 2.30. The topological polar surface area (TPSA) is 61.0 Å². The maximum atomic E-state index is 11.9. The van der Waals surface area contributed by atoms with E-state index in [9.17, 15) is 13.2 Å². The predicted octanol–water partition coefficient (Wildman–Crippen LogP) is 1.88. The van der Waals surface area contributed by atoms with Crippen LogP contribution in [0.5, 0.6) is 5.88 Å². The lowest BCUT2D eigenvalue weighted by atomic mass is 10.4. The Balaban J connectivity index is 2.08. The van der Waals surface area contributed by atoms with E-state index in [1.165, 1.54) is 6.07 Å². The van der Waals surface area contributed by atoms with E-state index in [1.807, 2.05) is 0 Å². The molecular formula is C9H10F3N3O. The van der Waals surface area contributed by atoms with Crippen LogP contribution in [0.3, 0.4) is 0 Å². The summed E-state index contributed by atoms with van der Waals surface area (Å²) in [6.45, 7) is -1.37. The molecule has 88 valence electrons. The molecule has 0 spiro atoms. The molecule has 4 nitrogen and oxygen atoms in total. The van der Waals surface area contributed by atoms with Crippen LogP contribution >= 0.6 is 0 Å². The Morgan fingerprint density at radius 3 is 2.62 bits per heavy atom. The van der Waals surface area contributed by atoms with Crippen molar-refractivity contribution in [3.8, 4) is 5.88 Å². The number of hydrogen-bond acceptors (Lipinski definition) is 4. The zero-order valence-electron chi connectivity index (χ0n) is 8.29. The third kappa shape index (κ3) is 2.98. The largest absolute Gasteiger partial charge is 0.468 e. The molecule has 7 heteroatoms. The number of hydrogen-bond donors (Lipinski definition) is 1. The number of rotatable bonds is 3. The third-order valence-corrected chi connectivity index (χ3v) is 2.07. The monoisotopic (exact) mass is 233 g/mol. The molecule has 1 aromatic rings. The van der Waals surface area contributed by atoms with Crippen molar-refractivity contribution in [3.05, 3.63) is 11.9 Å². The van der Waals surface area contributed by atoms with Crippen LogP contribution in [-0.2, 0) is 0 Å². The van der Waals surface area contributed by atoms with Crippen molar-refractivity contribution in [1.82, 2.24) is 9.97 Å². The molecule has 0 amide bonds. The van der Waals surface area contributed by atoms with Gasteiger partial charge in [0.05, 0.1) is 0 Å². The minimum atomic E-state index is -4.38. The molecule has 0 saturated heterocycles. The number of aromatic nitrogens is 2. The minimum absolute atomic E-state index is 0.119. The van der Waals surface area contributed by atoms with Crippen molar-refractivity contribution in [3.63, 3.8) is 0 Å². The molecule has 0 aromatic carbocycles. The van der Waals surface area contributed by atoms with Crippen molar-refractivity contribution in [1.29, 1.82) is 0 Å². The van der Waals surface area contributed by atoms with Crippen molar-refractivity contribution in [2.24, 2.45) is 0 Å². The second-order valence-electron chi connectivity index (χ2n) is 3.67. The Labute approximate surface area is 89.6 Å². The van der Waals surface area contributed by atoms with Crippen LogP contribution < -0.4 is 10.5 Å². The summed E-state index contributed by atoms with van der Waals surface area (Å²) in [6, 6.07) is 1.19. The first-order valence-corrected chi connectivity index (χ1v) is 4.78. The van der Waals surface area contributed by atoms with E-state index in [4.69, 9.17) is 5.73 Å². The fourth-order valence-electron chi connectivity index (χ4n) is 1.22. The van der Waals surface area contributed by atoms with Gasteiger partial charge in [-0.3, -0.25) is 0 Å². The van der Waals surface area contributed by atoms with Crippen LogP contribution in [0.2, 0.25) is 0 Å². The van der Waals surface area contributed by atoms with Crippen molar-refractivity contribution >= 4 is 5.82 Å². The number of nitrogens with zero attached hydrogens (tertiary/aromatic N) is 2. The van der Waals surface area contributed by atoms with E-state index in [1.54, 1.807) is 0 Å². The SMILES string of the molecule is Nc1cc(OCC(F)(F)F)nc(C2CC2)n1. The van der Waals surface area contributed by atoms with Crippen molar-refractivity contribution < 1.29 is 17.9 Å². The number of halogens is 3. The molecular weight excluding hydrogens is 223 g/mol. The van der Waals surface area contributed by atoms with Gasteiger partial charge in [-0.15, -0.1) is 0 Å². The van der Waals surface area contributed by atoms with Crippen LogP contribution in [0.15, 0.2) is 6.07 Å². The van der Waals surface area contributed by atoms with Gasteiger partial charge in [-0.2, -0.15) is 18.2 Å². The Hall–Kier alpha value is -1.53. The highest BCUT2D eigenvalue weighted by molar-refractivity contribution is 5.34. The van der Waals surface area contributed by atoms with Gasteiger partial charge in [0.15, 0.2) is 6.61 Å². The van der Waals surface area contributed by atoms with Gasteiger partial charge in [0.1, 0.15) is 11.6 Å². The summed E-state index contributed by atoms with van der Waals surface area (Å²) >= 11 is 0. The number of ether oxygens (including phenoxy) is 1. The van der Waals surface area contributed by atoms with Gasteiger partial charge in [0.2, 0.25) is 5.88 Å². The van der Waals surface area contributed by atoms with Gasteiger partial charge < -0.3 is 10.5 Å². The molecule has 0 unspecified atom stereocenters. The zero-order valence-corrected chi connectivity index (χ0v) is 8.29. The first kappa shape index (κ1) is 11.0. The zero-order chi connectivity index (χ0) is 11.8. The van der Waals surface area contributed by atoms with E-state index < -0.39 is 12.8 Å². The molecule has 1 aromatic heterocycles. The van der Waals surface area contributed by atoms with Crippen molar-refractivity contribution in [2.75, 3.05) is 12.3 Å². The van der Waals surface area contributed by atoms with Crippen molar-refractivity contribution in [2.45, 2.75) is 24.9 Å². The molecule has 2 rings (SSSR count). The molecule has 1 fully saturated rings. The summed E-state index contributed by atoms with van der Waals surface area (Å²) in [6.07, 6.45) is -2.48. The van der Waals surface area contributed by atoms with E-state index in [-0.39, 0.29) is 17.6 Å².